The highest BCUT2D eigenvalue weighted by Crippen LogP contribution is 2.66. The molecule has 5 rings (SSSR count). The number of hydrogen-bond acceptors (Lipinski definition) is 4. The van der Waals surface area contributed by atoms with Gasteiger partial charge in [-0.1, -0.05) is 13.8 Å². The van der Waals surface area contributed by atoms with Crippen molar-refractivity contribution in [1.29, 1.82) is 0 Å². The van der Waals surface area contributed by atoms with E-state index in [9.17, 15) is 9.90 Å². The van der Waals surface area contributed by atoms with E-state index in [0.717, 1.165) is 37.0 Å². The Kier molecular flexibility index (Phi) is 4.69. The summed E-state index contributed by atoms with van der Waals surface area (Å²) in [7, 11) is 0. The Morgan fingerprint density at radius 3 is 2.55 bits per heavy atom. The van der Waals surface area contributed by atoms with Gasteiger partial charge in [-0.2, -0.15) is 15.0 Å². The van der Waals surface area contributed by atoms with Gasteiger partial charge in [0.1, 0.15) is 6.54 Å². The van der Waals surface area contributed by atoms with Gasteiger partial charge in [0.05, 0.1) is 18.0 Å². The lowest BCUT2D eigenvalue weighted by atomic mass is 9.48. The Balaban J connectivity index is 1.36. The summed E-state index contributed by atoms with van der Waals surface area (Å²) in [5.74, 6) is 4.87. The number of fused-ring (bicyclic) bond motifs is 5. The van der Waals surface area contributed by atoms with Gasteiger partial charge in [0, 0.05) is 5.92 Å². The largest absolute Gasteiger partial charge is 0.390 e. The van der Waals surface area contributed by atoms with Crippen LogP contribution in [0.4, 0.5) is 0 Å². The Bertz CT molecular complexity index is 760. The number of ketones is 1. The normalized spacial score (nSPS) is 49.2. The lowest BCUT2D eigenvalue weighted by Crippen LogP contribution is -2.51. The van der Waals surface area contributed by atoms with Gasteiger partial charge in [-0.3, -0.25) is 4.79 Å². The maximum absolute atomic E-state index is 13.2. The molecule has 160 valence electrons. The first kappa shape index (κ1) is 19.7. The highest BCUT2D eigenvalue weighted by Gasteiger charge is 2.61. The average Bonchev–Trinajstić information content (AvgIpc) is 3.26. The molecule has 1 aromatic heterocycles. The molecule has 2 unspecified atom stereocenters. The van der Waals surface area contributed by atoms with Crippen LogP contribution in [0.25, 0.3) is 0 Å². The molecule has 5 heteroatoms. The summed E-state index contributed by atoms with van der Waals surface area (Å²) < 4.78 is 0. The number of carbonyl (C=O) groups is 1. The molecule has 5 nitrogen and oxygen atoms in total. The summed E-state index contributed by atoms with van der Waals surface area (Å²) in [4.78, 5) is 14.8. The summed E-state index contributed by atoms with van der Waals surface area (Å²) in [6.07, 6.45) is 12.5. The zero-order valence-corrected chi connectivity index (χ0v) is 18.3. The molecule has 0 aliphatic heterocycles. The minimum absolute atomic E-state index is 0.137. The Morgan fingerprint density at radius 2 is 1.79 bits per heavy atom. The Hall–Kier alpha value is -1.23. The predicted octanol–water partition coefficient (Wildman–Crippen LogP) is 4.11. The van der Waals surface area contributed by atoms with Crippen LogP contribution in [0.1, 0.15) is 72.1 Å². The lowest BCUT2D eigenvalue weighted by Gasteiger charge is -2.57. The summed E-state index contributed by atoms with van der Waals surface area (Å²) in [5.41, 5.74) is -0.312. The first-order chi connectivity index (χ1) is 13.8. The second kappa shape index (κ2) is 6.90. The van der Waals surface area contributed by atoms with Crippen molar-refractivity contribution >= 4 is 5.78 Å². The minimum Gasteiger partial charge on any atom is -0.390 e. The molecule has 4 aliphatic carbocycles. The van der Waals surface area contributed by atoms with Crippen molar-refractivity contribution < 1.29 is 9.90 Å². The first-order valence-electron chi connectivity index (χ1n) is 11.9. The quantitative estimate of drug-likeness (QED) is 0.830. The van der Waals surface area contributed by atoms with Crippen LogP contribution in [-0.2, 0) is 11.3 Å². The fourth-order valence-corrected chi connectivity index (χ4v) is 8.70. The molecule has 1 heterocycles. The number of rotatable bonds is 3. The molecule has 0 spiro atoms. The van der Waals surface area contributed by atoms with Gasteiger partial charge in [-0.25, -0.2) is 0 Å². The fraction of sp³-hybridized carbons (Fsp3) is 0.875. The van der Waals surface area contributed by atoms with Gasteiger partial charge in [-0.05, 0) is 99.2 Å². The molecular formula is C24H37N3O2. The van der Waals surface area contributed by atoms with Gasteiger partial charge in [-0.15, -0.1) is 0 Å². The van der Waals surface area contributed by atoms with Gasteiger partial charge >= 0.3 is 0 Å². The second-order valence-electron chi connectivity index (χ2n) is 11.4. The molecule has 9 atom stereocenters. The zero-order valence-electron chi connectivity index (χ0n) is 18.3. The standard InChI is InChI=1S/C24H37N3O2/c1-15-12-20(21(28)14-27-25-10-11-26-27)24(3)9-7-18-17-6-8-23(2,29)13-16(17)4-5-19(18)22(15)24/h10-11,15-20,22,29H,4-9,12-14H2,1-3H3/t15-,16-,17+,18?,19-,20-,22?,23-,24-/m1/s1. The topological polar surface area (TPSA) is 68.0 Å². The Morgan fingerprint density at radius 1 is 1.07 bits per heavy atom. The number of aliphatic hydroxyl groups is 1. The molecule has 0 bridgehead atoms. The molecule has 1 aromatic rings. The van der Waals surface area contributed by atoms with Crippen molar-refractivity contribution in [3.63, 3.8) is 0 Å². The van der Waals surface area contributed by atoms with Crippen LogP contribution < -0.4 is 0 Å². The van der Waals surface area contributed by atoms with Crippen LogP contribution in [0.15, 0.2) is 12.4 Å². The van der Waals surface area contributed by atoms with Crippen molar-refractivity contribution in [2.75, 3.05) is 0 Å². The summed E-state index contributed by atoms with van der Waals surface area (Å²) in [6.45, 7) is 7.19. The van der Waals surface area contributed by atoms with Gasteiger partial charge in [0.25, 0.3) is 0 Å². The SMILES string of the molecule is C[C@@H]1C[C@H](C(=O)Cn2nccn2)[C@@]2(C)CCC3[C@@H](CC[C@@H]4C[C@](C)(O)CC[C@H]34)C12. The van der Waals surface area contributed by atoms with Crippen molar-refractivity contribution in [3.05, 3.63) is 12.4 Å². The van der Waals surface area contributed by atoms with Crippen molar-refractivity contribution in [2.24, 2.45) is 46.8 Å². The van der Waals surface area contributed by atoms with Crippen LogP contribution in [0.3, 0.4) is 0 Å². The van der Waals surface area contributed by atoms with E-state index in [1.807, 2.05) is 6.92 Å². The third-order valence-corrected chi connectivity index (χ3v) is 9.70. The van der Waals surface area contributed by atoms with Gasteiger partial charge in [0.15, 0.2) is 5.78 Å². The summed E-state index contributed by atoms with van der Waals surface area (Å²) in [5, 5.41) is 18.9. The smallest absolute Gasteiger partial charge is 0.159 e. The monoisotopic (exact) mass is 399 g/mol. The second-order valence-corrected chi connectivity index (χ2v) is 11.4. The van der Waals surface area contributed by atoms with E-state index >= 15 is 0 Å². The van der Waals surface area contributed by atoms with Crippen LogP contribution >= 0.6 is 0 Å². The molecule has 0 radical (unpaired) electrons. The molecule has 29 heavy (non-hydrogen) atoms. The number of hydrogen-bond donors (Lipinski definition) is 1. The van der Waals surface area contributed by atoms with Gasteiger partial charge < -0.3 is 5.11 Å². The minimum atomic E-state index is -0.449. The van der Waals surface area contributed by atoms with E-state index in [2.05, 4.69) is 24.0 Å². The van der Waals surface area contributed by atoms with E-state index in [1.165, 1.54) is 32.1 Å². The maximum atomic E-state index is 13.2. The third-order valence-electron chi connectivity index (χ3n) is 9.70. The van der Waals surface area contributed by atoms with E-state index in [-0.39, 0.29) is 11.3 Å². The van der Waals surface area contributed by atoms with Crippen LogP contribution in [0.5, 0.6) is 0 Å². The Labute approximate surface area is 174 Å². The van der Waals surface area contributed by atoms with Crippen LogP contribution in [0.2, 0.25) is 0 Å². The number of carbonyl (C=O) groups excluding carboxylic acids is 1. The van der Waals surface area contributed by atoms with E-state index in [1.54, 1.807) is 17.2 Å². The zero-order chi connectivity index (χ0) is 20.4. The molecule has 4 fully saturated rings. The van der Waals surface area contributed by atoms with Crippen molar-refractivity contribution in [2.45, 2.75) is 84.3 Å². The molecule has 4 saturated carbocycles. The molecule has 1 N–H and O–H groups in total. The first-order valence-corrected chi connectivity index (χ1v) is 11.9. The molecule has 0 saturated heterocycles. The van der Waals surface area contributed by atoms with Crippen molar-refractivity contribution in [3.8, 4) is 0 Å². The fourth-order valence-electron chi connectivity index (χ4n) is 8.70. The average molecular weight is 400 g/mol. The lowest BCUT2D eigenvalue weighted by molar-refractivity contribution is -0.134. The molecule has 0 aromatic carbocycles. The van der Waals surface area contributed by atoms with Crippen LogP contribution in [0, 0.1) is 46.8 Å². The van der Waals surface area contributed by atoms with E-state index in [0.29, 0.717) is 30.1 Å². The highest BCUT2D eigenvalue weighted by molar-refractivity contribution is 5.82. The summed E-state index contributed by atoms with van der Waals surface area (Å²) in [6, 6.07) is 0. The molecule has 4 aliphatic rings. The predicted molar refractivity (Wildman–Crippen MR) is 111 cm³/mol. The van der Waals surface area contributed by atoms with Gasteiger partial charge in [0.2, 0.25) is 0 Å². The highest BCUT2D eigenvalue weighted by atomic mass is 16.3. The van der Waals surface area contributed by atoms with E-state index < -0.39 is 5.60 Å². The van der Waals surface area contributed by atoms with E-state index in [4.69, 9.17) is 0 Å². The molecular weight excluding hydrogens is 362 g/mol. The summed E-state index contributed by atoms with van der Waals surface area (Å²) >= 11 is 0. The molecule has 0 amide bonds. The number of nitrogens with zero attached hydrogens (tertiary/aromatic N) is 3. The maximum Gasteiger partial charge on any atom is 0.159 e. The number of Topliss-reactive ketones (excluding diaryl/α,β-unsaturated/α-hetero) is 1. The third kappa shape index (κ3) is 3.19. The van der Waals surface area contributed by atoms with Crippen molar-refractivity contribution in [1.82, 2.24) is 15.0 Å². The van der Waals surface area contributed by atoms with Crippen LogP contribution in [-0.4, -0.2) is 31.5 Å². The number of aromatic nitrogens is 3.